The number of carbonyl (C=O) groups is 2. The van der Waals surface area contributed by atoms with Crippen molar-refractivity contribution in [2.24, 2.45) is 0 Å². The Morgan fingerprint density at radius 1 is 1.18 bits per heavy atom. The van der Waals surface area contributed by atoms with E-state index in [1.165, 1.54) is 28.9 Å². The van der Waals surface area contributed by atoms with Crippen LogP contribution in [0, 0.1) is 12.7 Å². The number of rotatable bonds is 4. The molecule has 1 aromatic heterocycles. The van der Waals surface area contributed by atoms with Crippen molar-refractivity contribution in [2.75, 3.05) is 0 Å². The first-order valence-electron chi connectivity index (χ1n) is 9.26. The maximum atomic E-state index is 14.2. The maximum absolute atomic E-state index is 14.2. The number of nitrogens with one attached hydrogen (secondary N) is 1. The third kappa shape index (κ3) is 3.81. The molecule has 7 nitrogen and oxygen atoms in total. The molecule has 0 spiro atoms. The van der Waals surface area contributed by atoms with E-state index >= 15 is 0 Å². The van der Waals surface area contributed by atoms with E-state index in [4.69, 9.17) is 0 Å². The zero-order valence-electron chi connectivity index (χ0n) is 15.6. The van der Waals surface area contributed by atoms with E-state index in [0.29, 0.717) is 31.4 Å². The van der Waals surface area contributed by atoms with Gasteiger partial charge in [-0.1, -0.05) is 37.8 Å². The minimum absolute atomic E-state index is 0.0939. The first-order chi connectivity index (χ1) is 13.3. The molecule has 148 valence electrons. The number of hydrogen-bond donors (Lipinski definition) is 2. The Bertz CT molecular complexity index is 962. The molecule has 8 heteroatoms. The maximum Gasteiger partial charge on any atom is 0.329 e. The Hall–Kier alpha value is -3.03. The molecule has 0 unspecified atom stereocenters. The van der Waals surface area contributed by atoms with Gasteiger partial charge in [0.05, 0.1) is 0 Å². The van der Waals surface area contributed by atoms with Crippen LogP contribution in [0.5, 0.6) is 0 Å². The molecular weight excluding hydrogens is 365 g/mol. The van der Waals surface area contributed by atoms with Crippen LogP contribution in [0.4, 0.5) is 4.39 Å². The van der Waals surface area contributed by atoms with Gasteiger partial charge in [-0.05, 0) is 31.9 Å². The molecule has 1 aliphatic rings. The fraction of sp³-hybridized carbons (Fsp3) is 0.400. The summed E-state index contributed by atoms with van der Waals surface area (Å²) in [5, 5.41) is 16.3. The number of benzene rings is 1. The van der Waals surface area contributed by atoms with Crippen LogP contribution >= 0.6 is 0 Å². The van der Waals surface area contributed by atoms with E-state index in [-0.39, 0.29) is 5.69 Å². The van der Waals surface area contributed by atoms with Crippen molar-refractivity contribution >= 4 is 11.9 Å². The van der Waals surface area contributed by atoms with Crippen LogP contribution in [-0.4, -0.2) is 32.3 Å². The fourth-order valence-corrected chi connectivity index (χ4v) is 3.57. The van der Waals surface area contributed by atoms with Crippen molar-refractivity contribution in [3.8, 4) is 5.69 Å². The van der Waals surface area contributed by atoms with E-state index < -0.39 is 34.4 Å². The van der Waals surface area contributed by atoms with Crippen LogP contribution in [-0.2, 0) is 4.79 Å². The lowest BCUT2D eigenvalue weighted by Crippen LogP contribution is -2.55. The molecule has 2 aromatic rings. The molecule has 0 aliphatic heterocycles. The number of aryl methyl sites for hydroxylation is 1. The monoisotopic (exact) mass is 387 g/mol. The van der Waals surface area contributed by atoms with Crippen LogP contribution in [0.1, 0.15) is 54.7 Å². The molecular formula is C20H22FN3O4. The zero-order chi connectivity index (χ0) is 20.3. The van der Waals surface area contributed by atoms with E-state index in [1.807, 2.05) is 0 Å². The summed E-state index contributed by atoms with van der Waals surface area (Å²) in [4.78, 5) is 37.0. The predicted molar refractivity (Wildman–Crippen MR) is 100 cm³/mol. The molecule has 0 bridgehead atoms. The van der Waals surface area contributed by atoms with Crippen LogP contribution in [0.25, 0.3) is 5.69 Å². The van der Waals surface area contributed by atoms with E-state index in [1.54, 1.807) is 13.0 Å². The molecule has 2 N–H and O–H groups in total. The zero-order valence-corrected chi connectivity index (χ0v) is 15.6. The molecule has 1 aromatic carbocycles. The van der Waals surface area contributed by atoms with Crippen LogP contribution < -0.4 is 10.7 Å². The van der Waals surface area contributed by atoms with Crippen molar-refractivity contribution in [3.63, 3.8) is 0 Å². The van der Waals surface area contributed by atoms with Gasteiger partial charge in [-0.2, -0.15) is 5.10 Å². The lowest BCUT2D eigenvalue weighted by molar-refractivity contribution is -0.145. The van der Waals surface area contributed by atoms with Gasteiger partial charge in [-0.15, -0.1) is 0 Å². The molecule has 1 aliphatic carbocycles. The Balaban J connectivity index is 2.00. The van der Waals surface area contributed by atoms with Gasteiger partial charge in [0.25, 0.3) is 5.91 Å². The minimum Gasteiger partial charge on any atom is -0.480 e. The highest BCUT2D eigenvalue weighted by Gasteiger charge is 2.41. The summed E-state index contributed by atoms with van der Waals surface area (Å²) in [6, 6.07) is 7.05. The molecule has 0 saturated heterocycles. The van der Waals surface area contributed by atoms with Crippen LogP contribution in [0.3, 0.4) is 0 Å². The standard InChI is InChI=1S/C20H22FN3O4/c1-13-12-16(25)17(23-24(13)15-9-5-4-8-14(15)21)18(26)22-20(19(27)28)10-6-2-3-7-11-20/h4-5,8-9,12H,2-3,6-7,10-11H2,1H3,(H,22,26)(H,27,28). The third-order valence-electron chi connectivity index (χ3n) is 5.12. The van der Waals surface area contributed by atoms with Crippen molar-refractivity contribution in [2.45, 2.75) is 51.0 Å². The number of carboxylic acids is 1. The second-order valence-electron chi connectivity index (χ2n) is 7.12. The predicted octanol–water partition coefficient (Wildman–Crippen LogP) is 2.59. The Kier molecular flexibility index (Phi) is 5.58. The molecule has 3 rings (SSSR count). The van der Waals surface area contributed by atoms with Gasteiger partial charge >= 0.3 is 5.97 Å². The highest BCUT2D eigenvalue weighted by molar-refractivity contribution is 5.96. The molecule has 28 heavy (non-hydrogen) atoms. The Morgan fingerprint density at radius 2 is 1.82 bits per heavy atom. The third-order valence-corrected chi connectivity index (χ3v) is 5.12. The van der Waals surface area contributed by atoms with Gasteiger partial charge in [0, 0.05) is 11.8 Å². The van der Waals surface area contributed by atoms with Gasteiger partial charge in [0.2, 0.25) is 5.43 Å². The minimum atomic E-state index is -1.42. The summed E-state index contributed by atoms with van der Waals surface area (Å²) < 4.78 is 15.3. The SMILES string of the molecule is Cc1cc(=O)c(C(=O)NC2(C(=O)O)CCCCCC2)nn1-c1ccccc1F. The van der Waals surface area contributed by atoms with Gasteiger partial charge in [-0.3, -0.25) is 9.59 Å². The lowest BCUT2D eigenvalue weighted by Gasteiger charge is -2.29. The van der Waals surface area contributed by atoms with E-state index in [9.17, 15) is 23.9 Å². The summed E-state index contributed by atoms with van der Waals surface area (Å²) in [6.45, 7) is 1.58. The number of nitrogens with zero attached hydrogens (tertiary/aromatic N) is 2. The lowest BCUT2D eigenvalue weighted by atomic mass is 9.90. The molecule has 1 saturated carbocycles. The van der Waals surface area contributed by atoms with Gasteiger partial charge in [0.1, 0.15) is 17.0 Å². The summed E-state index contributed by atoms with van der Waals surface area (Å²) in [6.07, 6.45) is 3.73. The number of carbonyl (C=O) groups excluding carboxylic acids is 1. The molecule has 0 atom stereocenters. The summed E-state index contributed by atoms with van der Waals surface area (Å²) in [5.41, 5.74) is -2.07. The number of carboxylic acid groups (broad SMARTS) is 1. The highest BCUT2D eigenvalue weighted by atomic mass is 19.1. The normalized spacial score (nSPS) is 16.2. The van der Waals surface area contributed by atoms with Crippen molar-refractivity contribution in [3.05, 3.63) is 57.8 Å². The number of amides is 1. The number of aliphatic carboxylic acids is 1. The number of hydrogen-bond acceptors (Lipinski definition) is 4. The van der Waals surface area contributed by atoms with Crippen molar-refractivity contribution in [1.82, 2.24) is 15.1 Å². The molecule has 0 radical (unpaired) electrons. The fourth-order valence-electron chi connectivity index (χ4n) is 3.57. The second-order valence-corrected chi connectivity index (χ2v) is 7.12. The average molecular weight is 387 g/mol. The number of halogens is 1. The summed E-state index contributed by atoms with van der Waals surface area (Å²) >= 11 is 0. The topological polar surface area (TPSA) is 101 Å². The summed E-state index contributed by atoms with van der Waals surface area (Å²) in [7, 11) is 0. The largest absolute Gasteiger partial charge is 0.480 e. The van der Waals surface area contributed by atoms with Gasteiger partial charge < -0.3 is 10.4 Å². The smallest absolute Gasteiger partial charge is 0.329 e. The first kappa shape index (κ1) is 19.7. The molecule has 1 fully saturated rings. The van der Waals surface area contributed by atoms with Crippen LogP contribution in [0.15, 0.2) is 35.1 Å². The molecule has 1 heterocycles. The number of aromatic nitrogens is 2. The van der Waals surface area contributed by atoms with Gasteiger partial charge in [0.15, 0.2) is 5.69 Å². The second kappa shape index (κ2) is 7.92. The number of para-hydroxylation sites is 1. The summed E-state index contributed by atoms with van der Waals surface area (Å²) in [5.74, 6) is -2.54. The van der Waals surface area contributed by atoms with E-state index in [2.05, 4.69) is 10.4 Å². The Labute approximate surface area is 161 Å². The highest BCUT2D eigenvalue weighted by Crippen LogP contribution is 2.27. The first-order valence-corrected chi connectivity index (χ1v) is 9.26. The van der Waals surface area contributed by atoms with Crippen molar-refractivity contribution < 1.29 is 19.1 Å². The average Bonchev–Trinajstić information content (AvgIpc) is 2.89. The molecule has 1 amide bonds. The quantitative estimate of drug-likeness (QED) is 0.786. The van der Waals surface area contributed by atoms with Crippen LogP contribution in [0.2, 0.25) is 0 Å². The van der Waals surface area contributed by atoms with E-state index in [0.717, 1.165) is 12.8 Å². The van der Waals surface area contributed by atoms with Gasteiger partial charge in [-0.25, -0.2) is 13.9 Å². The van der Waals surface area contributed by atoms with Crippen molar-refractivity contribution in [1.29, 1.82) is 0 Å². The Morgan fingerprint density at radius 3 is 2.43 bits per heavy atom.